The molecule has 0 saturated heterocycles. The molecule has 0 aliphatic carbocycles. The van der Waals surface area contributed by atoms with E-state index in [1.165, 1.54) is 0 Å². The van der Waals surface area contributed by atoms with Crippen LogP contribution < -0.4 is 10.5 Å². The summed E-state index contributed by atoms with van der Waals surface area (Å²) in [6.07, 6.45) is 0.667. The second-order valence-electron chi connectivity index (χ2n) is 4.67. The van der Waals surface area contributed by atoms with Crippen molar-refractivity contribution >= 4 is 0 Å². The van der Waals surface area contributed by atoms with Gasteiger partial charge in [0.25, 0.3) is 0 Å². The molecule has 2 aromatic carbocycles. The number of benzene rings is 2. The molecule has 0 radical (unpaired) electrons. The third kappa shape index (κ3) is 2.04. The Bertz CT molecular complexity index is 662. The number of ether oxygens (including phenoxy) is 1. The molecule has 0 bridgehead atoms. The van der Waals surface area contributed by atoms with Gasteiger partial charge in [-0.2, -0.15) is 0 Å². The molecule has 2 N–H and O–H groups in total. The van der Waals surface area contributed by atoms with Crippen molar-refractivity contribution in [1.82, 2.24) is 0 Å². The fourth-order valence-electron chi connectivity index (χ4n) is 2.50. The number of fused-ring (bicyclic) bond motifs is 1. The molecule has 0 fully saturated rings. The van der Waals surface area contributed by atoms with Crippen molar-refractivity contribution in [3.05, 3.63) is 52.8 Å². The third-order valence-corrected chi connectivity index (χ3v) is 3.38. The summed E-state index contributed by atoms with van der Waals surface area (Å²) >= 11 is 0. The maximum atomic E-state index is 13.8. The smallest absolute Gasteiger partial charge is 0.136 e. The Morgan fingerprint density at radius 3 is 2.40 bits per heavy atom. The van der Waals surface area contributed by atoms with Crippen LogP contribution in [0.1, 0.15) is 11.1 Å². The van der Waals surface area contributed by atoms with Gasteiger partial charge in [0.05, 0.1) is 12.2 Å². The molecular formula is C15H12F3NO. The zero-order valence-corrected chi connectivity index (χ0v) is 10.6. The van der Waals surface area contributed by atoms with E-state index in [1.54, 1.807) is 12.1 Å². The molecule has 1 aliphatic heterocycles. The molecule has 3 rings (SSSR count). The fourth-order valence-corrected chi connectivity index (χ4v) is 2.50. The quantitative estimate of drug-likeness (QED) is 0.916. The maximum Gasteiger partial charge on any atom is 0.136 e. The predicted molar refractivity (Wildman–Crippen MR) is 68.8 cm³/mol. The Kier molecular flexibility index (Phi) is 3.14. The van der Waals surface area contributed by atoms with Crippen molar-refractivity contribution in [3.63, 3.8) is 0 Å². The lowest BCUT2D eigenvalue weighted by atomic mass is 9.97. The van der Waals surface area contributed by atoms with Gasteiger partial charge >= 0.3 is 0 Å². The van der Waals surface area contributed by atoms with Crippen LogP contribution in [-0.4, -0.2) is 6.61 Å². The summed E-state index contributed by atoms with van der Waals surface area (Å²) in [5.74, 6) is -2.10. The van der Waals surface area contributed by atoms with Crippen LogP contribution in [0.15, 0.2) is 24.3 Å². The van der Waals surface area contributed by atoms with Gasteiger partial charge in [-0.25, -0.2) is 13.2 Å². The Morgan fingerprint density at radius 2 is 1.75 bits per heavy atom. The summed E-state index contributed by atoms with van der Waals surface area (Å²) in [7, 11) is 0. The van der Waals surface area contributed by atoms with Crippen molar-refractivity contribution in [2.45, 2.75) is 13.0 Å². The lowest BCUT2D eigenvalue weighted by molar-refractivity contribution is 0.353. The van der Waals surface area contributed by atoms with Crippen LogP contribution >= 0.6 is 0 Å². The Morgan fingerprint density at radius 1 is 1.05 bits per heavy atom. The zero-order chi connectivity index (χ0) is 14.3. The lowest BCUT2D eigenvalue weighted by Gasteiger charge is -2.11. The van der Waals surface area contributed by atoms with Crippen molar-refractivity contribution in [3.8, 4) is 16.9 Å². The highest BCUT2D eigenvalue weighted by Gasteiger charge is 2.21. The minimum Gasteiger partial charge on any atom is -0.493 e. The lowest BCUT2D eigenvalue weighted by Crippen LogP contribution is -2.01. The average molecular weight is 279 g/mol. The van der Waals surface area contributed by atoms with Gasteiger partial charge in [-0.15, -0.1) is 0 Å². The summed E-state index contributed by atoms with van der Waals surface area (Å²) in [6, 6.07) is 4.60. The zero-order valence-electron chi connectivity index (χ0n) is 10.6. The molecule has 0 aromatic heterocycles. The van der Waals surface area contributed by atoms with Crippen molar-refractivity contribution < 1.29 is 17.9 Å². The first-order valence-electron chi connectivity index (χ1n) is 6.23. The normalized spacial score (nSPS) is 13.2. The van der Waals surface area contributed by atoms with Crippen molar-refractivity contribution in [1.29, 1.82) is 0 Å². The summed E-state index contributed by atoms with van der Waals surface area (Å²) in [5.41, 5.74) is 7.31. The number of hydrogen-bond donors (Lipinski definition) is 1. The highest BCUT2D eigenvalue weighted by atomic mass is 19.1. The topological polar surface area (TPSA) is 35.2 Å². The van der Waals surface area contributed by atoms with Gasteiger partial charge in [-0.3, -0.25) is 0 Å². The SMILES string of the molecule is NCc1cc(-c2c(F)cc(F)cc2F)cc2c1OCC2. The molecule has 0 amide bonds. The van der Waals surface area contributed by atoms with Crippen LogP contribution in [0.2, 0.25) is 0 Å². The first-order chi connectivity index (χ1) is 9.60. The van der Waals surface area contributed by atoms with Gasteiger partial charge in [0.2, 0.25) is 0 Å². The van der Waals surface area contributed by atoms with E-state index in [2.05, 4.69) is 0 Å². The first kappa shape index (κ1) is 13.0. The van der Waals surface area contributed by atoms with E-state index in [0.29, 0.717) is 42.0 Å². The molecule has 2 nitrogen and oxygen atoms in total. The Balaban J connectivity index is 2.21. The maximum absolute atomic E-state index is 13.8. The minimum absolute atomic E-state index is 0.209. The number of halogens is 3. The molecule has 1 heterocycles. The first-order valence-corrected chi connectivity index (χ1v) is 6.23. The summed E-state index contributed by atoms with van der Waals surface area (Å²) in [4.78, 5) is 0. The second-order valence-corrected chi connectivity index (χ2v) is 4.67. The van der Waals surface area contributed by atoms with Gasteiger partial charge in [0, 0.05) is 30.7 Å². The molecule has 20 heavy (non-hydrogen) atoms. The molecule has 0 unspecified atom stereocenters. The van der Waals surface area contributed by atoms with Crippen LogP contribution in [0.3, 0.4) is 0 Å². The molecule has 5 heteroatoms. The summed E-state index contributed by atoms with van der Waals surface area (Å²) in [6.45, 7) is 0.737. The average Bonchev–Trinajstić information content (AvgIpc) is 2.84. The van der Waals surface area contributed by atoms with E-state index in [4.69, 9.17) is 10.5 Å². The van der Waals surface area contributed by atoms with Crippen LogP contribution in [0.5, 0.6) is 5.75 Å². The van der Waals surface area contributed by atoms with E-state index in [-0.39, 0.29) is 12.1 Å². The second kappa shape index (κ2) is 4.83. The molecule has 0 saturated carbocycles. The molecule has 1 aliphatic rings. The standard InChI is InChI=1S/C15H12F3NO/c16-11-5-12(17)14(13(18)6-11)9-3-8-1-2-20-15(8)10(4-9)7-19/h3-6H,1-2,7,19H2. The largest absolute Gasteiger partial charge is 0.493 e. The Labute approximate surface area is 114 Å². The van der Waals surface area contributed by atoms with Crippen LogP contribution in [0.4, 0.5) is 13.2 Å². The van der Waals surface area contributed by atoms with Crippen molar-refractivity contribution in [2.24, 2.45) is 5.73 Å². The van der Waals surface area contributed by atoms with Gasteiger partial charge in [-0.05, 0) is 23.3 Å². The van der Waals surface area contributed by atoms with E-state index in [0.717, 1.165) is 5.56 Å². The third-order valence-electron chi connectivity index (χ3n) is 3.38. The highest BCUT2D eigenvalue weighted by molar-refractivity contribution is 5.69. The van der Waals surface area contributed by atoms with Gasteiger partial charge < -0.3 is 10.5 Å². The fraction of sp³-hybridized carbons (Fsp3) is 0.200. The van der Waals surface area contributed by atoms with E-state index in [9.17, 15) is 13.2 Å². The van der Waals surface area contributed by atoms with Crippen molar-refractivity contribution in [2.75, 3.05) is 6.61 Å². The van der Waals surface area contributed by atoms with E-state index >= 15 is 0 Å². The van der Waals surface area contributed by atoms with Crippen LogP contribution in [0.25, 0.3) is 11.1 Å². The molecule has 104 valence electrons. The number of hydrogen-bond acceptors (Lipinski definition) is 2. The van der Waals surface area contributed by atoms with E-state index in [1.807, 2.05) is 0 Å². The molecule has 0 atom stereocenters. The molecule has 0 spiro atoms. The summed E-state index contributed by atoms with van der Waals surface area (Å²) in [5, 5.41) is 0. The number of nitrogens with two attached hydrogens (primary N) is 1. The molecular weight excluding hydrogens is 267 g/mol. The predicted octanol–water partition coefficient (Wildman–Crippen LogP) is 3.16. The monoisotopic (exact) mass is 279 g/mol. The molecule has 2 aromatic rings. The van der Waals surface area contributed by atoms with E-state index < -0.39 is 17.5 Å². The number of rotatable bonds is 2. The van der Waals surface area contributed by atoms with Gasteiger partial charge in [0.1, 0.15) is 23.2 Å². The van der Waals surface area contributed by atoms with Crippen LogP contribution in [0, 0.1) is 17.5 Å². The Hall–Kier alpha value is -2.01. The van der Waals surface area contributed by atoms with Crippen LogP contribution in [-0.2, 0) is 13.0 Å². The van der Waals surface area contributed by atoms with Gasteiger partial charge in [-0.1, -0.05) is 0 Å². The summed E-state index contributed by atoms with van der Waals surface area (Å²) < 4.78 is 46.1. The minimum atomic E-state index is -0.938. The highest BCUT2D eigenvalue weighted by Crippen LogP contribution is 2.36. The van der Waals surface area contributed by atoms with Gasteiger partial charge in [0.15, 0.2) is 0 Å².